The van der Waals surface area contributed by atoms with Crippen molar-refractivity contribution in [3.8, 4) is 0 Å². The topological polar surface area (TPSA) is 54.3 Å². The highest BCUT2D eigenvalue weighted by atomic mass is 16.3. The van der Waals surface area contributed by atoms with Crippen LogP contribution in [0.2, 0.25) is 0 Å². The second-order valence-corrected chi connectivity index (χ2v) is 9.19. The summed E-state index contributed by atoms with van der Waals surface area (Å²) in [4.78, 5) is 12.3. The average molecular weight is 332 g/mol. The molecule has 24 heavy (non-hydrogen) atoms. The Balaban J connectivity index is 1.48. The summed E-state index contributed by atoms with van der Waals surface area (Å²) in [6.45, 7) is 11.1. The molecule has 1 amide bonds. The number of rotatable bonds is 5. The lowest BCUT2D eigenvalue weighted by Gasteiger charge is -2.46. The van der Waals surface area contributed by atoms with Gasteiger partial charge in [-0.1, -0.05) is 6.92 Å². The van der Waals surface area contributed by atoms with Crippen molar-refractivity contribution in [2.24, 2.45) is 5.92 Å². The van der Waals surface area contributed by atoms with E-state index in [9.17, 15) is 4.79 Å². The Labute approximate surface area is 145 Å². The van der Waals surface area contributed by atoms with Crippen LogP contribution in [0.4, 0.5) is 0 Å². The molecule has 2 fully saturated rings. The van der Waals surface area contributed by atoms with Gasteiger partial charge in [-0.3, -0.25) is 4.79 Å². The summed E-state index contributed by atoms with van der Waals surface area (Å²) in [5.41, 5.74) is 0.104. The molecular weight excluding hydrogens is 300 g/mol. The fourth-order valence-corrected chi connectivity index (χ4v) is 4.41. The molecule has 1 aromatic heterocycles. The Bertz CT molecular complexity index is 587. The van der Waals surface area contributed by atoms with Crippen molar-refractivity contribution in [3.63, 3.8) is 0 Å². The van der Waals surface area contributed by atoms with Crippen LogP contribution >= 0.6 is 0 Å². The fourth-order valence-electron chi connectivity index (χ4n) is 4.41. The van der Waals surface area contributed by atoms with Gasteiger partial charge in [-0.15, -0.1) is 0 Å². The second kappa shape index (κ2) is 6.21. The van der Waals surface area contributed by atoms with Gasteiger partial charge < -0.3 is 15.1 Å². The molecule has 0 bridgehead atoms. The van der Waals surface area contributed by atoms with E-state index in [-0.39, 0.29) is 23.0 Å². The summed E-state index contributed by atoms with van der Waals surface area (Å²) in [5.74, 6) is 3.52. The Morgan fingerprint density at radius 3 is 2.46 bits per heavy atom. The first kappa shape index (κ1) is 17.5. The first-order chi connectivity index (χ1) is 11.1. The predicted octanol–water partition coefficient (Wildman–Crippen LogP) is 3.76. The molecule has 0 spiro atoms. The van der Waals surface area contributed by atoms with Gasteiger partial charge in [0, 0.05) is 35.9 Å². The molecule has 0 aromatic carbocycles. The maximum atomic E-state index is 12.3. The molecule has 0 unspecified atom stereocenters. The molecule has 1 aromatic rings. The van der Waals surface area contributed by atoms with E-state index in [1.807, 2.05) is 6.07 Å². The number of piperidine rings is 1. The molecule has 1 saturated carbocycles. The van der Waals surface area contributed by atoms with E-state index in [1.54, 1.807) is 0 Å². The highest BCUT2D eigenvalue weighted by Crippen LogP contribution is 2.47. The van der Waals surface area contributed by atoms with E-state index in [0.717, 1.165) is 30.3 Å². The van der Waals surface area contributed by atoms with E-state index in [0.29, 0.717) is 18.8 Å². The molecule has 2 atom stereocenters. The van der Waals surface area contributed by atoms with Crippen molar-refractivity contribution < 1.29 is 9.21 Å². The van der Waals surface area contributed by atoms with Gasteiger partial charge in [-0.2, -0.15) is 0 Å². The minimum atomic E-state index is 0.0521. The number of furan rings is 1. The van der Waals surface area contributed by atoms with E-state index in [2.05, 4.69) is 51.3 Å². The van der Waals surface area contributed by atoms with E-state index in [4.69, 9.17) is 4.42 Å². The zero-order chi connectivity index (χ0) is 17.5. The van der Waals surface area contributed by atoms with Crippen molar-refractivity contribution in [2.45, 2.75) is 89.8 Å². The molecule has 2 aliphatic rings. The zero-order valence-corrected chi connectivity index (χ0v) is 15.7. The van der Waals surface area contributed by atoms with Gasteiger partial charge in [0.2, 0.25) is 5.91 Å². The number of nitrogens with one attached hydrogen (secondary N) is 2. The smallest absolute Gasteiger partial charge is 0.220 e. The number of amides is 1. The highest BCUT2D eigenvalue weighted by molar-refractivity contribution is 5.76. The first-order valence-electron chi connectivity index (χ1n) is 9.31. The number of hydrogen-bond donors (Lipinski definition) is 2. The molecule has 3 rings (SSSR count). The lowest BCUT2D eigenvalue weighted by molar-refractivity contribution is -0.122. The molecule has 4 heteroatoms. The zero-order valence-electron chi connectivity index (χ0n) is 15.7. The largest absolute Gasteiger partial charge is 0.466 e. The molecule has 1 aliphatic carbocycles. The molecular formula is C20H32N2O2. The van der Waals surface area contributed by atoms with Crippen LogP contribution in [-0.2, 0) is 11.2 Å². The molecule has 2 heterocycles. The molecule has 2 N–H and O–H groups in total. The molecule has 1 aliphatic heterocycles. The monoisotopic (exact) mass is 332 g/mol. The molecule has 0 radical (unpaired) electrons. The van der Waals surface area contributed by atoms with Crippen LogP contribution in [0.1, 0.15) is 77.7 Å². The quantitative estimate of drug-likeness (QED) is 0.863. The molecule has 4 nitrogen and oxygen atoms in total. The second-order valence-electron chi connectivity index (χ2n) is 9.19. The lowest BCUT2D eigenvalue weighted by Crippen LogP contribution is -2.62. The van der Waals surface area contributed by atoms with Crippen LogP contribution in [-0.4, -0.2) is 23.0 Å². The van der Waals surface area contributed by atoms with Crippen molar-refractivity contribution in [1.82, 2.24) is 10.6 Å². The van der Waals surface area contributed by atoms with Crippen LogP contribution in [0.15, 0.2) is 16.5 Å². The van der Waals surface area contributed by atoms with Crippen molar-refractivity contribution in [3.05, 3.63) is 23.7 Å². The van der Waals surface area contributed by atoms with Gasteiger partial charge in [0.05, 0.1) is 0 Å². The van der Waals surface area contributed by atoms with E-state index < -0.39 is 0 Å². The first-order valence-corrected chi connectivity index (χ1v) is 9.31. The average Bonchev–Trinajstić information content (AvgIpc) is 2.96. The number of carbonyl (C=O) groups is 1. The van der Waals surface area contributed by atoms with Crippen LogP contribution in [0.25, 0.3) is 0 Å². The summed E-state index contributed by atoms with van der Waals surface area (Å²) in [6, 6.07) is 4.35. The number of hydrogen-bond acceptors (Lipinski definition) is 3. The van der Waals surface area contributed by atoms with Gasteiger partial charge in [0.15, 0.2) is 0 Å². The predicted molar refractivity (Wildman–Crippen MR) is 96.0 cm³/mol. The fraction of sp³-hybridized carbons (Fsp3) is 0.750. The third-order valence-electron chi connectivity index (χ3n) is 5.31. The number of carbonyl (C=O) groups excluding carboxylic acids is 1. The normalized spacial score (nSPS) is 28.5. The van der Waals surface area contributed by atoms with Gasteiger partial charge in [0.1, 0.15) is 11.5 Å². The van der Waals surface area contributed by atoms with Crippen LogP contribution in [0.3, 0.4) is 0 Å². The Morgan fingerprint density at radius 1 is 1.25 bits per heavy atom. The van der Waals surface area contributed by atoms with Gasteiger partial charge >= 0.3 is 0 Å². The van der Waals surface area contributed by atoms with Crippen LogP contribution in [0.5, 0.6) is 0 Å². The van der Waals surface area contributed by atoms with Crippen LogP contribution < -0.4 is 10.6 Å². The van der Waals surface area contributed by atoms with Gasteiger partial charge in [0.25, 0.3) is 0 Å². The third-order valence-corrected chi connectivity index (χ3v) is 5.31. The maximum Gasteiger partial charge on any atom is 0.220 e. The Kier molecular flexibility index (Phi) is 4.54. The van der Waals surface area contributed by atoms with Crippen molar-refractivity contribution in [2.75, 3.05) is 0 Å². The molecule has 134 valence electrons. The third kappa shape index (κ3) is 4.41. The summed E-state index contributed by atoms with van der Waals surface area (Å²) in [6.07, 6.45) is 4.34. The summed E-state index contributed by atoms with van der Waals surface area (Å²) in [5, 5.41) is 6.88. The summed E-state index contributed by atoms with van der Waals surface area (Å²) >= 11 is 0. The Hall–Kier alpha value is -1.29. The number of aryl methyl sites for hydroxylation is 1. The minimum Gasteiger partial charge on any atom is -0.466 e. The highest BCUT2D eigenvalue weighted by Gasteiger charge is 2.38. The van der Waals surface area contributed by atoms with Crippen molar-refractivity contribution >= 4 is 5.91 Å². The lowest BCUT2D eigenvalue weighted by atomic mass is 9.79. The van der Waals surface area contributed by atoms with Crippen LogP contribution in [0, 0.1) is 5.92 Å². The van der Waals surface area contributed by atoms with Gasteiger partial charge in [-0.25, -0.2) is 0 Å². The van der Waals surface area contributed by atoms with Gasteiger partial charge in [-0.05, 0) is 65.0 Å². The Morgan fingerprint density at radius 2 is 1.88 bits per heavy atom. The van der Waals surface area contributed by atoms with Crippen molar-refractivity contribution in [1.29, 1.82) is 0 Å². The standard InChI is InChI=1S/C20H32N2O2/c1-13-10-16(13)17-8-6-15(24-17)7-9-18(23)21-14-11-19(2,3)22-20(4,5)12-14/h6,8,13-14,16,22H,7,9-12H2,1-5H3,(H,21,23)/t13-,16+/m0/s1. The van der Waals surface area contributed by atoms with E-state index in [1.165, 1.54) is 6.42 Å². The summed E-state index contributed by atoms with van der Waals surface area (Å²) < 4.78 is 5.89. The van der Waals surface area contributed by atoms with E-state index >= 15 is 0 Å². The maximum absolute atomic E-state index is 12.3. The minimum absolute atomic E-state index is 0.0521. The molecule has 1 saturated heterocycles. The SMILES string of the molecule is C[C@H]1C[C@H]1c1ccc(CCC(=O)NC2CC(C)(C)NC(C)(C)C2)o1. The summed E-state index contributed by atoms with van der Waals surface area (Å²) in [7, 11) is 0.